The fraction of sp³-hybridized carbons (Fsp3) is 0.538. The smallest absolute Gasteiger partial charge is 0.214 e. The zero-order valence-corrected chi connectivity index (χ0v) is 9.61. The van der Waals surface area contributed by atoms with Crippen LogP contribution in [0, 0.1) is 0 Å². The molecule has 0 spiro atoms. The highest BCUT2D eigenvalue weighted by molar-refractivity contribution is 5.94. The van der Waals surface area contributed by atoms with Crippen LogP contribution in [0.15, 0.2) is 18.3 Å². The molecule has 0 N–H and O–H groups in total. The Morgan fingerprint density at radius 1 is 1.38 bits per heavy atom. The summed E-state index contributed by atoms with van der Waals surface area (Å²) in [6.45, 7) is 1.56. The fourth-order valence-electron chi connectivity index (χ4n) is 2.05. The lowest BCUT2D eigenvalue weighted by molar-refractivity contribution is 0.101. The first-order valence-corrected chi connectivity index (χ1v) is 5.89. The van der Waals surface area contributed by atoms with Crippen molar-refractivity contribution in [1.29, 1.82) is 0 Å². The van der Waals surface area contributed by atoms with Crippen LogP contribution < -0.4 is 4.74 Å². The van der Waals surface area contributed by atoms with Gasteiger partial charge in [0, 0.05) is 17.8 Å². The molecule has 0 unspecified atom stereocenters. The van der Waals surface area contributed by atoms with Crippen molar-refractivity contribution in [2.45, 2.75) is 45.1 Å². The molecule has 1 aromatic heterocycles. The Morgan fingerprint density at radius 2 is 2.12 bits per heavy atom. The summed E-state index contributed by atoms with van der Waals surface area (Å²) < 4.78 is 5.78. The minimum atomic E-state index is 0.0518. The van der Waals surface area contributed by atoms with Crippen molar-refractivity contribution in [3.05, 3.63) is 23.9 Å². The van der Waals surface area contributed by atoms with Crippen LogP contribution in [0.5, 0.6) is 5.88 Å². The fourth-order valence-corrected chi connectivity index (χ4v) is 2.05. The van der Waals surface area contributed by atoms with Crippen LogP contribution in [0.2, 0.25) is 0 Å². The molecule has 1 aliphatic carbocycles. The molecule has 0 radical (unpaired) electrons. The molecule has 0 aliphatic heterocycles. The SMILES string of the molecule is CC(=O)c1ccnc(OC2CCCCC2)c1. The first-order chi connectivity index (χ1) is 7.75. The summed E-state index contributed by atoms with van der Waals surface area (Å²) in [5, 5.41) is 0. The summed E-state index contributed by atoms with van der Waals surface area (Å²) in [4.78, 5) is 15.3. The van der Waals surface area contributed by atoms with E-state index in [9.17, 15) is 4.79 Å². The predicted molar refractivity (Wildman–Crippen MR) is 61.7 cm³/mol. The molecule has 1 saturated carbocycles. The van der Waals surface area contributed by atoms with Gasteiger partial charge in [0.25, 0.3) is 0 Å². The van der Waals surface area contributed by atoms with Gasteiger partial charge in [0.2, 0.25) is 5.88 Å². The summed E-state index contributed by atoms with van der Waals surface area (Å²) >= 11 is 0. The van der Waals surface area contributed by atoms with Crippen LogP contribution in [0.25, 0.3) is 0 Å². The molecule has 0 atom stereocenters. The molecule has 0 bridgehead atoms. The average molecular weight is 219 g/mol. The van der Waals surface area contributed by atoms with Crippen molar-refractivity contribution in [2.24, 2.45) is 0 Å². The van der Waals surface area contributed by atoms with E-state index in [4.69, 9.17) is 4.74 Å². The van der Waals surface area contributed by atoms with E-state index in [1.165, 1.54) is 19.3 Å². The van der Waals surface area contributed by atoms with Gasteiger partial charge in [0.1, 0.15) is 6.10 Å². The molecule has 86 valence electrons. The molecule has 1 aliphatic rings. The Labute approximate surface area is 95.8 Å². The standard InChI is InChI=1S/C13H17NO2/c1-10(15)11-7-8-14-13(9-11)16-12-5-3-2-4-6-12/h7-9,12H,2-6H2,1H3. The summed E-state index contributed by atoms with van der Waals surface area (Å²) in [5.41, 5.74) is 0.667. The van der Waals surface area contributed by atoms with Crippen molar-refractivity contribution in [2.75, 3.05) is 0 Å². The number of ether oxygens (including phenoxy) is 1. The molecule has 0 amide bonds. The third-order valence-corrected chi connectivity index (χ3v) is 2.98. The van der Waals surface area contributed by atoms with E-state index in [1.54, 1.807) is 25.3 Å². The van der Waals surface area contributed by atoms with E-state index < -0.39 is 0 Å². The van der Waals surface area contributed by atoms with Gasteiger partial charge in [-0.3, -0.25) is 4.79 Å². The van der Waals surface area contributed by atoms with Crippen molar-refractivity contribution < 1.29 is 9.53 Å². The lowest BCUT2D eigenvalue weighted by Gasteiger charge is -2.22. The zero-order chi connectivity index (χ0) is 11.4. The summed E-state index contributed by atoms with van der Waals surface area (Å²) in [5.74, 6) is 0.635. The van der Waals surface area contributed by atoms with Gasteiger partial charge in [0.15, 0.2) is 5.78 Å². The van der Waals surface area contributed by atoms with E-state index >= 15 is 0 Å². The maximum atomic E-state index is 11.2. The highest BCUT2D eigenvalue weighted by Crippen LogP contribution is 2.22. The van der Waals surface area contributed by atoms with Crippen LogP contribution in [0.3, 0.4) is 0 Å². The normalized spacial score (nSPS) is 17.1. The molecule has 0 aromatic carbocycles. The van der Waals surface area contributed by atoms with Gasteiger partial charge >= 0.3 is 0 Å². The quantitative estimate of drug-likeness (QED) is 0.733. The maximum absolute atomic E-state index is 11.2. The first-order valence-electron chi connectivity index (χ1n) is 5.89. The summed E-state index contributed by atoms with van der Waals surface area (Å²) in [6.07, 6.45) is 7.89. The van der Waals surface area contributed by atoms with Crippen molar-refractivity contribution in [1.82, 2.24) is 4.98 Å². The summed E-state index contributed by atoms with van der Waals surface area (Å²) in [7, 11) is 0. The van der Waals surface area contributed by atoms with Gasteiger partial charge in [0.05, 0.1) is 0 Å². The third kappa shape index (κ3) is 2.81. The van der Waals surface area contributed by atoms with Gasteiger partial charge in [-0.15, -0.1) is 0 Å². The number of ketones is 1. The monoisotopic (exact) mass is 219 g/mol. The van der Waals surface area contributed by atoms with E-state index in [-0.39, 0.29) is 11.9 Å². The van der Waals surface area contributed by atoms with Gasteiger partial charge in [-0.2, -0.15) is 0 Å². The number of nitrogens with zero attached hydrogens (tertiary/aromatic N) is 1. The van der Waals surface area contributed by atoms with Gasteiger partial charge in [-0.25, -0.2) is 4.98 Å². The highest BCUT2D eigenvalue weighted by atomic mass is 16.5. The molecule has 3 heteroatoms. The Kier molecular flexibility index (Phi) is 3.54. The van der Waals surface area contributed by atoms with Crippen molar-refractivity contribution in [3.8, 4) is 5.88 Å². The van der Waals surface area contributed by atoms with E-state index in [2.05, 4.69) is 4.98 Å². The number of carbonyl (C=O) groups excluding carboxylic acids is 1. The molecular formula is C13H17NO2. The van der Waals surface area contributed by atoms with E-state index in [1.807, 2.05) is 0 Å². The van der Waals surface area contributed by atoms with Crippen LogP contribution in [-0.4, -0.2) is 16.9 Å². The second-order valence-corrected chi connectivity index (χ2v) is 4.32. The van der Waals surface area contributed by atoms with Crippen LogP contribution in [-0.2, 0) is 0 Å². The lowest BCUT2D eigenvalue weighted by Crippen LogP contribution is -2.20. The Balaban J connectivity index is 2.02. The number of pyridine rings is 1. The van der Waals surface area contributed by atoms with E-state index in [0.29, 0.717) is 11.4 Å². The van der Waals surface area contributed by atoms with Gasteiger partial charge < -0.3 is 4.74 Å². The molecule has 16 heavy (non-hydrogen) atoms. The average Bonchev–Trinajstić information content (AvgIpc) is 2.30. The zero-order valence-electron chi connectivity index (χ0n) is 9.61. The van der Waals surface area contributed by atoms with Gasteiger partial charge in [-0.05, 0) is 38.7 Å². The van der Waals surface area contributed by atoms with Crippen molar-refractivity contribution in [3.63, 3.8) is 0 Å². The number of hydrogen-bond donors (Lipinski definition) is 0. The maximum Gasteiger partial charge on any atom is 0.214 e. The minimum absolute atomic E-state index is 0.0518. The first kappa shape index (κ1) is 11.1. The Morgan fingerprint density at radius 3 is 2.81 bits per heavy atom. The van der Waals surface area contributed by atoms with Crippen LogP contribution in [0.1, 0.15) is 49.4 Å². The number of Topliss-reactive ketones (excluding diaryl/α,β-unsaturated/α-hetero) is 1. The molecular weight excluding hydrogens is 202 g/mol. The molecule has 2 rings (SSSR count). The summed E-state index contributed by atoms with van der Waals surface area (Å²) in [6, 6.07) is 3.45. The second kappa shape index (κ2) is 5.10. The van der Waals surface area contributed by atoms with Gasteiger partial charge in [-0.1, -0.05) is 6.42 Å². The Hall–Kier alpha value is -1.38. The lowest BCUT2D eigenvalue weighted by atomic mass is 9.98. The molecule has 1 heterocycles. The van der Waals surface area contributed by atoms with Crippen LogP contribution >= 0.6 is 0 Å². The topological polar surface area (TPSA) is 39.2 Å². The molecule has 3 nitrogen and oxygen atoms in total. The van der Waals surface area contributed by atoms with Crippen LogP contribution in [0.4, 0.5) is 0 Å². The number of rotatable bonds is 3. The Bertz CT molecular complexity index is 370. The van der Waals surface area contributed by atoms with Crippen molar-refractivity contribution >= 4 is 5.78 Å². The number of carbonyl (C=O) groups is 1. The highest BCUT2D eigenvalue weighted by Gasteiger charge is 2.15. The number of aromatic nitrogens is 1. The largest absolute Gasteiger partial charge is 0.474 e. The predicted octanol–water partition coefficient (Wildman–Crippen LogP) is 3.00. The van der Waals surface area contributed by atoms with E-state index in [0.717, 1.165) is 12.8 Å². The minimum Gasteiger partial charge on any atom is -0.474 e. The third-order valence-electron chi connectivity index (χ3n) is 2.98. The molecule has 0 saturated heterocycles. The molecule has 1 fully saturated rings. The number of hydrogen-bond acceptors (Lipinski definition) is 3. The molecule has 1 aromatic rings. The second-order valence-electron chi connectivity index (χ2n) is 4.32.